The van der Waals surface area contributed by atoms with E-state index in [2.05, 4.69) is 5.32 Å². The van der Waals surface area contributed by atoms with Crippen molar-refractivity contribution in [3.63, 3.8) is 0 Å². The Kier molecular flexibility index (Phi) is 4.99. The fourth-order valence-corrected chi connectivity index (χ4v) is 2.84. The van der Waals surface area contributed by atoms with Gasteiger partial charge in [0.05, 0.1) is 18.6 Å². The maximum Gasteiger partial charge on any atom is 0.245 e. The predicted octanol–water partition coefficient (Wildman–Crippen LogP) is -0.131. The minimum Gasteiger partial charge on any atom is -0.377 e. The van der Waals surface area contributed by atoms with Crippen molar-refractivity contribution in [1.82, 2.24) is 10.2 Å². The summed E-state index contributed by atoms with van der Waals surface area (Å²) in [6.07, 6.45) is 3.59. The van der Waals surface area contributed by atoms with Gasteiger partial charge in [0.1, 0.15) is 6.04 Å². The second-order valence-electron chi connectivity index (χ2n) is 5.72. The van der Waals surface area contributed by atoms with Crippen LogP contribution < -0.4 is 11.1 Å². The van der Waals surface area contributed by atoms with Gasteiger partial charge in [-0.3, -0.25) is 9.59 Å². The molecule has 3 N–H and O–H groups in total. The molecule has 114 valence electrons. The van der Waals surface area contributed by atoms with Crippen molar-refractivity contribution in [2.24, 2.45) is 11.1 Å². The van der Waals surface area contributed by atoms with Crippen LogP contribution >= 0.6 is 0 Å². The first-order chi connectivity index (χ1) is 9.64. The Morgan fingerprint density at radius 3 is 2.75 bits per heavy atom. The van der Waals surface area contributed by atoms with Gasteiger partial charge in [0.2, 0.25) is 11.8 Å². The number of carbonyl (C=O) groups excluding carboxylic acids is 2. The Balaban J connectivity index is 2.06. The number of nitrogens with one attached hydrogen (secondary N) is 1. The number of hydrogen-bond acceptors (Lipinski definition) is 4. The van der Waals surface area contributed by atoms with Gasteiger partial charge in [-0.05, 0) is 19.3 Å². The summed E-state index contributed by atoms with van der Waals surface area (Å²) in [6, 6.07) is -0.508. The van der Waals surface area contributed by atoms with E-state index in [1.807, 2.05) is 6.92 Å². The molecule has 20 heavy (non-hydrogen) atoms. The van der Waals surface area contributed by atoms with Crippen LogP contribution in [0.1, 0.15) is 32.6 Å². The zero-order chi connectivity index (χ0) is 14.6. The fourth-order valence-electron chi connectivity index (χ4n) is 2.84. The lowest BCUT2D eigenvalue weighted by Crippen LogP contribution is -2.61. The highest BCUT2D eigenvalue weighted by molar-refractivity contribution is 5.91. The Morgan fingerprint density at radius 2 is 2.20 bits per heavy atom. The molecule has 0 bridgehead atoms. The summed E-state index contributed by atoms with van der Waals surface area (Å²) >= 11 is 0. The average molecular weight is 283 g/mol. The highest BCUT2D eigenvalue weighted by atomic mass is 16.5. The third kappa shape index (κ3) is 2.81. The molecule has 0 aromatic heterocycles. The molecule has 2 fully saturated rings. The molecular formula is C14H25N3O3. The van der Waals surface area contributed by atoms with E-state index in [-0.39, 0.29) is 18.4 Å². The monoisotopic (exact) mass is 283 g/mol. The molecule has 2 aliphatic rings. The van der Waals surface area contributed by atoms with Crippen LogP contribution in [0, 0.1) is 5.41 Å². The molecule has 1 saturated carbocycles. The summed E-state index contributed by atoms with van der Waals surface area (Å²) in [4.78, 5) is 26.6. The molecule has 0 radical (unpaired) electrons. The van der Waals surface area contributed by atoms with Crippen molar-refractivity contribution < 1.29 is 14.3 Å². The minimum atomic E-state index is -0.508. The van der Waals surface area contributed by atoms with Gasteiger partial charge in [0.15, 0.2) is 0 Å². The summed E-state index contributed by atoms with van der Waals surface area (Å²) in [7, 11) is 0. The fraction of sp³-hybridized carbons (Fsp3) is 0.857. The predicted molar refractivity (Wildman–Crippen MR) is 75.0 cm³/mol. The first-order valence-corrected chi connectivity index (χ1v) is 7.51. The zero-order valence-electron chi connectivity index (χ0n) is 12.2. The van der Waals surface area contributed by atoms with E-state index < -0.39 is 11.5 Å². The van der Waals surface area contributed by atoms with Crippen LogP contribution in [0.25, 0.3) is 0 Å². The Bertz CT molecular complexity index is 363. The van der Waals surface area contributed by atoms with E-state index in [0.29, 0.717) is 26.2 Å². The first-order valence-electron chi connectivity index (χ1n) is 7.51. The normalized spacial score (nSPS) is 24.9. The number of nitrogens with zero attached hydrogens (tertiary/aromatic N) is 1. The van der Waals surface area contributed by atoms with Gasteiger partial charge < -0.3 is 20.7 Å². The largest absolute Gasteiger partial charge is 0.377 e. The molecule has 2 amide bonds. The van der Waals surface area contributed by atoms with Crippen molar-refractivity contribution in [2.45, 2.75) is 38.6 Å². The van der Waals surface area contributed by atoms with Crippen LogP contribution in [0.5, 0.6) is 0 Å². The van der Waals surface area contributed by atoms with Crippen molar-refractivity contribution in [3.05, 3.63) is 0 Å². The van der Waals surface area contributed by atoms with Crippen molar-refractivity contribution in [3.8, 4) is 0 Å². The summed E-state index contributed by atoms with van der Waals surface area (Å²) < 4.78 is 5.38. The number of amides is 2. The molecule has 0 aromatic rings. The van der Waals surface area contributed by atoms with Gasteiger partial charge >= 0.3 is 0 Å². The van der Waals surface area contributed by atoms with E-state index in [9.17, 15) is 9.59 Å². The topological polar surface area (TPSA) is 84.7 Å². The molecular weight excluding hydrogens is 258 g/mol. The van der Waals surface area contributed by atoms with E-state index >= 15 is 0 Å². The molecule has 1 saturated heterocycles. The Morgan fingerprint density at radius 1 is 1.45 bits per heavy atom. The quantitative estimate of drug-likeness (QED) is 0.736. The number of rotatable bonds is 5. The van der Waals surface area contributed by atoms with E-state index in [1.54, 1.807) is 4.90 Å². The lowest BCUT2D eigenvalue weighted by atomic mass is 9.67. The van der Waals surface area contributed by atoms with Crippen LogP contribution in [0.4, 0.5) is 0 Å². The standard InChI is InChI=1S/C14H25N3O3/c1-2-6-16-12(18)11-9-20-8-7-17(11)13(19)14(10-15)4-3-5-14/h11H,2-10,15H2,1H3,(H,16,18). The Hall–Kier alpha value is -1.14. The smallest absolute Gasteiger partial charge is 0.245 e. The van der Waals surface area contributed by atoms with E-state index in [4.69, 9.17) is 10.5 Å². The van der Waals surface area contributed by atoms with Crippen LogP contribution in [0.3, 0.4) is 0 Å². The lowest BCUT2D eigenvalue weighted by Gasteiger charge is -2.45. The second kappa shape index (κ2) is 6.54. The summed E-state index contributed by atoms with van der Waals surface area (Å²) in [5.41, 5.74) is 5.37. The van der Waals surface area contributed by atoms with Gasteiger partial charge in [-0.2, -0.15) is 0 Å². The van der Waals surface area contributed by atoms with Crippen LogP contribution in [0.2, 0.25) is 0 Å². The van der Waals surface area contributed by atoms with Gasteiger partial charge in [-0.1, -0.05) is 13.3 Å². The van der Waals surface area contributed by atoms with Crippen molar-refractivity contribution >= 4 is 11.8 Å². The second-order valence-corrected chi connectivity index (χ2v) is 5.72. The first kappa shape index (κ1) is 15.3. The van der Waals surface area contributed by atoms with Crippen molar-refractivity contribution in [1.29, 1.82) is 0 Å². The van der Waals surface area contributed by atoms with Gasteiger partial charge in [-0.25, -0.2) is 0 Å². The molecule has 1 aliphatic carbocycles. The van der Waals surface area contributed by atoms with Gasteiger partial charge in [-0.15, -0.1) is 0 Å². The number of morpholine rings is 1. The molecule has 1 atom stereocenters. The Labute approximate surface area is 120 Å². The lowest BCUT2D eigenvalue weighted by molar-refractivity contribution is -0.160. The summed E-state index contributed by atoms with van der Waals surface area (Å²) in [5.74, 6) is -0.0856. The third-order valence-electron chi connectivity index (χ3n) is 4.40. The zero-order valence-corrected chi connectivity index (χ0v) is 12.2. The highest BCUT2D eigenvalue weighted by Gasteiger charge is 2.48. The minimum absolute atomic E-state index is 0.0335. The van der Waals surface area contributed by atoms with E-state index in [1.165, 1.54) is 0 Å². The average Bonchev–Trinajstić information content (AvgIpc) is 2.44. The highest BCUT2D eigenvalue weighted by Crippen LogP contribution is 2.42. The van der Waals surface area contributed by atoms with Crippen LogP contribution in [-0.4, -0.2) is 55.6 Å². The summed E-state index contributed by atoms with van der Waals surface area (Å²) in [5, 5.41) is 2.85. The number of carbonyl (C=O) groups is 2. The van der Waals surface area contributed by atoms with Crippen molar-refractivity contribution in [2.75, 3.05) is 32.8 Å². The van der Waals surface area contributed by atoms with E-state index in [0.717, 1.165) is 25.7 Å². The van der Waals surface area contributed by atoms with Crippen LogP contribution in [0.15, 0.2) is 0 Å². The molecule has 2 rings (SSSR count). The molecule has 1 heterocycles. The molecule has 1 unspecified atom stereocenters. The number of nitrogens with two attached hydrogens (primary N) is 1. The third-order valence-corrected chi connectivity index (χ3v) is 4.40. The van der Waals surface area contributed by atoms with Gasteiger partial charge in [0.25, 0.3) is 0 Å². The number of hydrogen-bond donors (Lipinski definition) is 2. The van der Waals surface area contributed by atoms with Gasteiger partial charge in [0, 0.05) is 19.6 Å². The molecule has 0 spiro atoms. The maximum atomic E-state index is 12.7. The molecule has 6 nitrogen and oxygen atoms in total. The summed E-state index contributed by atoms with van der Waals surface area (Å²) in [6.45, 7) is 4.24. The SMILES string of the molecule is CCCNC(=O)C1COCCN1C(=O)C1(CN)CCC1. The molecule has 1 aliphatic heterocycles. The van der Waals surface area contributed by atoms with Crippen LogP contribution in [-0.2, 0) is 14.3 Å². The number of ether oxygens (including phenoxy) is 1. The molecule has 0 aromatic carbocycles. The molecule has 6 heteroatoms. The maximum absolute atomic E-state index is 12.7.